The third kappa shape index (κ3) is 3.02. The van der Waals surface area contributed by atoms with Crippen LogP contribution in [0.5, 0.6) is 0 Å². The van der Waals surface area contributed by atoms with Gasteiger partial charge in [-0.1, -0.05) is 6.42 Å². The fourth-order valence-electron chi connectivity index (χ4n) is 3.40. The molecule has 0 saturated carbocycles. The predicted octanol–water partition coefficient (Wildman–Crippen LogP) is 1.82. The van der Waals surface area contributed by atoms with Gasteiger partial charge < -0.3 is 10.2 Å². The van der Waals surface area contributed by atoms with E-state index in [-0.39, 0.29) is 5.91 Å². The van der Waals surface area contributed by atoms with Crippen molar-refractivity contribution in [1.29, 1.82) is 0 Å². The summed E-state index contributed by atoms with van der Waals surface area (Å²) in [5.74, 6) is 0.820. The number of carbonyl (C=O) groups excluding carboxylic acids is 1. The van der Waals surface area contributed by atoms with Crippen LogP contribution in [0.1, 0.15) is 36.5 Å². The normalized spacial score (nSPS) is 22.7. The standard InChI is InChI=1S/C16H24N4O/c1-2-17-15-14(7-5-8-18-15)16(21)20-11-10-19-9-4-3-6-13(19)12-20/h5,7-8,13H,2-4,6,9-12H2,1H3,(H,17,18). The van der Waals surface area contributed by atoms with Crippen molar-refractivity contribution >= 4 is 11.7 Å². The van der Waals surface area contributed by atoms with Crippen LogP contribution in [0.2, 0.25) is 0 Å². The zero-order chi connectivity index (χ0) is 14.7. The molecule has 0 spiro atoms. The summed E-state index contributed by atoms with van der Waals surface area (Å²) in [5, 5.41) is 3.18. The molecule has 1 amide bonds. The summed E-state index contributed by atoms with van der Waals surface area (Å²) in [5.41, 5.74) is 0.698. The highest BCUT2D eigenvalue weighted by molar-refractivity contribution is 5.98. The van der Waals surface area contributed by atoms with Crippen LogP contribution < -0.4 is 5.32 Å². The van der Waals surface area contributed by atoms with Crippen LogP contribution in [0, 0.1) is 0 Å². The minimum atomic E-state index is 0.115. The fourth-order valence-corrected chi connectivity index (χ4v) is 3.40. The molecule has 114 valence electrons. The molecule has 1 unspecified atom stereocenters. The van der Waals surface area contributed by atoms with Gasteiger partial charge in [-0.3, -0.25) is 9.69 Å². The van der Waals surface area contributed by atoms with E-state index in [0.717, 1.165) is 26.2 Å². The number of anilines is 1. The second kappa shape index (κ2) is 6.43. The molecule has 1 atom stereocenters. The first-order valence-corrected chi connectivity index (χ1v) is 8.02. The van der Waals surface area contributed by atoms with E-state index in [0.29, 0.717) is 17.4 Å². The molecule has 5 nitrogen and oxygen atoms in total. The maximum absolute atomic E-state index is 12.8. The number of amides is 1. The first-order chi connectivity index (χ1) is 10.3. The van der Waals surface area contributed by atoms with Crippen molar-refractivity contribution in [2.24, 2.45) is 0 Å². The lowest BCUT2D eigenvalue weighted by atomic mass is 9.99. The van der Waals surface area contributed by atoms with Gasteiger partial charge in [0.25, 0.3) is 5.91 Å². The molecular weight excluding hydrogens is 264 g/mol. The Balaban J connectivity index is 1.73. The van der Waals surface area contributed by atoms with Gasteiger partial charge in [0.15, 0.2) is 0 Å². The van der Waals surface area contributed by atoms with Gasteiger partial charge in [0.05, 0.1) is 5.56 Å². The molecule has 0 aromatic carbocycles. The van der Waals surface area contributed by atoms with Crippen molar-refractivity contribution in [3.8, 4) is 0 Å². The Morgan fingerprint density at radius 3 is 3.14 bits per heavy atom. The number of piperazine rings is 1. The van der Waals surface area contributed by atoms with Crippen molar-refractivity contribution in [1.82, 2.24) is 14.8 Å². The Morgan fingerprint density at radius 1 is 1.38 bits per heavy atom. The number of nitrogens with one attached hydrogen (secondary N) is 1. The molecule has 0 bridgehead atoms. The van der Waals surface area contributed by atoms with E-state index in [1.54, 1.807) is 6.20 Å². The Hall–Kier alpha value is -1.62. The molecular formula is C16H24N4O. The maximum Gasteiger partial charge on any atom is 0.257 e. The van der Waals surface area contributed by atoms with Crippen LogP contribution in [-0.2, 0) is 0 Å². The van der Waals surface area contributed by atoms with Gasteiger partial charge in [-0.05, 0) is 38.4 Å². The van der Waals surface area contributed by atoms with Crippen LogP contribution in [0.4, 0.5) is 5.82 Å². The van der Waals surface area contributed by atoms with Crippen molar-refractivity contribution in [3.63, 3.8) is 0 Å². The quantitative estimate of drug-likeness (QED) is 0.922. The number of pyridine rings is 1. The van der Waals surface area contributed by atoms with E-state index >= 15 is 0 Å². The van der Waals surface area contributed by atoms with E-state index in [9.17, 15) is 4.79 Å². The lowest BCUT2D eigenvalue weighted by Gasteiger charge is -2.44. The molecule has 0 aliphatic carbocycles. The van der Waals surface area contributed by atoms with Crippen molar-refractivity contribution in [2.45, 2.75) is 32.2 Å². The number of hydrogen-bond donors (Lipinski definition) is 1. The lowest BCUT2D eigenvalue weighted by Crippen LogP contribution is -2.56. The minimum absolute atomic E-state index is 0.115. The van der Waals surface area contributed by atoms with E-state index in [1.165, 1.54) is 25.8 Å². The summed E-state index contributed by atoms with van der Waals surface area (Å²) in [4.78, 5) is 21.6. The summed E-state index contributed by atoms with van der Waals surface area (Å²) >= 11 is 0. The third-order valence-corrected chi connectivity index (χ3v) is 4.51. The fraction of sp³-hybridized carbons (Fsp3) is 0.625. The van der Waals surface area contributed by atoms with Gasteiger partial charge in [0, 0.05) is 38.4 Å². The molecule has 1 aromatic rings. The second-order valence-electron chi connectivity index (χ2n) is 5.87. The number of aromatic nitrogens is 1. The molecule has 1 aromatic heterocycles. The highest BCUT2D eigenvalue weighted by Crippen LogP contribution is 2.23. The predicted molar refractivity (Wildman–Crippen MR) is 83.5 cm³/mol. The van der Waals surface area contributed by atoms with E-state index in [4.69, 9.17) is 0 Å². The second-order valence-corrected chi connectivity index (χ2v) is 5.87. The number of carbonyl (C=O) groups is 1. The van der Waals surface area contributed by atoms with Gasteiger partial charge in [0.1, 0.15) is 5.82 Å². The molecule has 3 rings (SSSR count). The summed E-state index contributed by atoms with van der Waals surface area (Å²) < 4.78 is 0. The molecule has 2 aliphatic rings. The van der Waals surface area contributed by atoms with Gasteiger partial charge in [-0.15, -0.1) is 0 Å². The van der Waals surface area contributed by atoms with E-state index in [2.05, 4.69) is 15.2 Å². The molecule has 2 fully saturated rings. The zero-order valence-corrected chi connectivity index (χ0v) is 12.7. The maximum atomic E-state index is 12.8. The van der Waals surface area contributed by atoms with Crippen molar-refractivity contribution in [3.05, 3.63) is 23.9 Å². The average molecular weight is 288 g/mol. The van der Waals surface area contributed by atoms with Crippen molar-refractivity contribution < 1.29 is 4.79 Å². The molecule has 0 radical (unpaired) electrons. The van der Waals surface area contributed by atoms with E-state index < -0.39 is 0 Å². The summed E-state index contributed by atoms with van der Waals surface area (Å²) in [6, 6.07) is 4.27. The largest absolute Gasteiger partial charge is 0.370 e. The first kappa shape index (κ1) is 14.3. The Bertz CT molecular complexity index is 505. The molecule has 2 saturated heterocycles. The number of piperidine rings is 1. The van der Waals surface area contributed by atoms with Gasteiger partial charge in [-0.2, -0.15) is 0 Å². The lowest BCUT2D eigenvalue weighted by molar-refractivity contribution is 0.0373. The number of nitrogens with zero attached hydrogens (tertiary/aromatic N) is 3. The Kier molecular flexibility index (Phi) is 4.39. The van der Waals surface area contributed by atoms with Gasteiger partial charge in [0.2, 0.25) is 0 Å². The molecule has 5 heteroatoms. The Morgan fingerprint density at radius 2 is 2.29 bits per heavy atom. The highest BCUT2D eigenvalue weighted by Gasteiger charge is 2.32. The zero-order valence-electron chi connectivity index (χ0n) is 12.7. The SMILES string of the molecule is CCNc1ncccc1C(=O)N1CCN2CCCCC2C1. The van der Waals surface area contributed by atoms with E-state index in [1.807, 2.05) is 24.0 Å². The smallest absolute Gasteiger partial charge is 0.257 e. The van der Waals surface area contributed by atoms with Crippen LogP contribution in [0.25, 0.3) is 0 Å². The molecule has 1 N–H and O–H groups in total. The first-order valence-electron chi connectivity index (χ1n) is 8.02. The van der Waals surface area contributed by atoms with Crippen molar-refractivity contribution in [2.75, 3.05) is 38.0 Å². The average Bonchev–Trinajstić information content (AvgIpc) is 2.54. The number of fused-ring (bicyclic) bond motifs is 1. The monoisotopic (exact) mass is 288 g/mol. The topological polar surface area (TPSA) is 48.5 Å². The summed E-state index contributed by atoms with van der Waals surface area (Å²) in [6.45, 7) is 6.68. The van der Waals surface area contributed by atoms with Gasteiger partial charge in [-0.25, -0.2) is 4.98 Å². The van der Waals surface area contributed by atoms with Gasteiger partial charge >= 0.3 is 0 Å². The minimum Gasteiger partial charge on any atom is -0.370 e. The van der Waals surface area contributed by atoms with Crippen LogP contribution in [-0.4, -0.2) is 59.5 Å². The van der Waals surface area contributed by atoms with Crippen LogP contribution in [0.15, 0.2) is 18.3 Å². The number of rotatable bonds is 3. The number of hydrogen-bond acceptors (Lipinski definition) is 4. The molecule has 3 heterocycles. The Labute approximate surface area is 126 Å². The van der Waals surface area contributed by atoms with Crippen LogP contribution in [0.3, 0.4) is 0 Å². The molecule has 2 aliphatic heterocycles. The van der Waals surface area contributed by atoms with Crippen LogP contribution >= 0.6 is 0 Å². The molecule has 21 heavy (non-hydrogen) atoms. The summed E-state index contributed by atoms with van der Waals surface area (Å²) in [6.07, 6.45) is 5.54. The third-order valence-electron chi connectivity index (χ3n) is 4.51. The summed E-state index contributed by atoms with van der Waals surface area (Å²) in [7, 11) is 0. The highest BCUT2D eigenvalue weighted by atomic mass is 16.2.